The van der Waals surface area contributed by atoms with Crippen molar-refractivity contribution in [3.8, 4) is 0 Å². The summed E-state index contributed by atoms with van der Waals surface area (Å²) >= 11 is 1.97. The maximum atomic E-state index is 11.9. The molecule has 0 aromatic carbocycles. The fourth-order valence-electron chi connectivity index (χ4n) is 2.60. The van der Waals surface area contributed by atoms with Crippen LogP contribution in [0.1, 0.15) is 38.5 Å². The molecule has 2 rings (SSSR count). The molecule has 86 valence electrons. The predicted octanol–water partition coefficient (Wildman–Crippen LogP) is 2.53. The molecule has 1 amide bonds. The average molecular weight is 227 g/mol. The second-order valence-corrected chi connectivity index (χ2v) is 5.91. The van der Waals surface area contributed by atoms with E-state index in [2.05, 4.69) is 4.90 Å². The first-order chi connectivity index (χ1) is 7.36. The van der Waals surface area contributed by atoms with Crippen molar-refractivity contribution in [2.75, 3.05) is 24.6 Å². The maximum Gasteiger partial charge on any atom is 0.222 e. The van der Waals surface area contributed by atoms with Crippen LogP contribution in [-0.4, -0.2) is 35.4 Å². The van der Waals surface area contributed by atoms with Crippen LogP contribution >= 0.6 is 11.8 Å². The lowest BCUT2D eigenvalue weighted by atomic mass is 10.0. The Bertz CT molecular complexity index is 208. The second kappa shape index (κ2) is 5.78. The molecule has 1 aliphatic heterocycles. The minimum absolute atomic E-state index is 0.405. The van der Waals surface area contributed by atoms with Crippen LogP contribution in [0.15, 0.2) is 0 Å². The van der Waals surface area contributed by atoms with Gasteiger partial charge in [0.05, 0.1) is 0 Å². The van der Waals surface area contributed by atoms with Crippen molar-refractivity contribution in [1.29, 1.82) is 0 Å². The largest absolute Gasteiger partial charge is 0.341 e. The summed E-state index contributed by atoms with van der Waals surface area (Å²) < 4.78 is 0. The highest BCUT2D eigenvalue weighted by Gasteiger charge is 2.20. The molecule has 1 saturated heterocycles. The van der Waals surface area contributed by atoms with E-state index in [1.807, 2.05) is 11.8 Å². The van der Waals surface area contributed by atoms with Crippen molar-refractivity contribution in [3.05, 3.63) is 0 Å². The van der Waals surface area contributed by atoms with Crippen LogP contribution in [0.25, 0.3) is 0 Å². The molecule has 0 atom stereocenters. The Morgan fingerprint density at radius 2 is 1.87 bits per heavy atom. The Hall–Kier alpha value is -0.180. The van der Waals surface area contributed by atoms with Gasteiger partial charge in [-0.25, -0.2) is 0 Å². The Balaban J connectivity index is 1.66. The molecule has 0 aromatic heterocycles. The van der Waals surface area contributed by atoms with Gasteiger partial charge in [0.15, 0.2) is 0 Å². The Morgan fingerprint density at radius 1 is 1.20 bits per heavy atom. The normalized spacial score (nSPS) is 23.3. The third-order valence-electron chi connectivity index (χ3n) is 3.60. The zero-order chi connectivity index (χ0) is 10.5. The van der Waals surface area contributed by atoms with Gasteiger partial charge in [-0.2, -0.15) is 11.8 Å². The molecule has 0 unspecified atom stereocenters. The number of amides is 1. The number of carbonyl (C=O) groups excluding carboxylic acids is 1. The summed E-state index contributed by atoms with van der Waals surface area (Å²) in [6.45, 7) is 1.96. The fraction of sp³-hybridized carbons (Fsp3) is 0.917. The summed E-state index contributed by atoms with van der Waals surface area (Å²) in [4.78, 5) is 13.9. The van der Waals surface area contributed by atoms with Crippen molar-refractivity contribution in [2.45, 2.75) is 38.5 Å². The number of nitrogens with zero attached hydrogens (tertiary/aromatic N) is 1. The van der Waals surface area contributed by atoms with E-state index in [1.54, 1.807) is 0 Å². The van der Waals surface area contributed by atoms with Crippen LogP contribution in [0, 0.1) is 5.92 Å². The topological polar surface area (TPSA) is 20.3 Å². The molecule has 2 nitrogen and oxygen atoms in total. The van der Waals surface area contributed by atoms with Gasteiger partial charge >= 0.3 is 0 Å². The molecular weight excluding hydrogens is 206 g/mol. The van der Waals surface area contributed by atoms with E-state index >= 15 is 0 Å². The zero-order valence-corrected chi connectivity index (χ0v) is 10.2. The molecule has 1 heterocycles. The van der Waals surface area contributed by atoms with Gasteiger partial charge in [-0.15, -0.1) is 0 Å². The first-order valence-corrected chi connectivity index (χ1v) is 7.37. The Labute approximate surface area is 96.8 Å². The van der Waals surface area contributed by atoms with Gasteiger partial charge in [0.25, 0.3) is 0 Å². The molecule has 0 spiro atoms. The van der Waals surface area contributed by atoms with Gasteiger partial charge in [0, 0.05) is 31.0 Å². The standard InChI is InChI=1S/C12H21NOS/c14-12(13-7-9-15-10-8-13)6-5-11-3-1-2-4-11/h11H,1-10H2. The van der Waals surface area contributed by atoms with E-state index in [9.17, 15) is 4.79 Å². The molecule has 0 aromatic rings. The van der Waals surface area contributed by atoms with Crippen molar-refractivity contribution in [3.63, 3.8) is 0 Å². The van der Waals surface area contributed by atoms with E-state index in [0.29, 0.717) is 5.91 Å². The SMILES string of the molecule is O=C(CCC1CCCC1)N1CCSCC1. The zero-order valence-electron chi connectivity index (χ0n) is 9.41. The van der Waals surface area contributed by atoms with Crippen LogP contribution in [0.4, 0.5) is 0 Å². The number of hydrogen-bond donors (Lipinski definition) is 0. The number of rotatable bonds is 3. The minimum Gasteiger partial charge on any atom is -0.341 e. The van der Waals surface area contributed by atoms with Crippen molar-refractivity contribution >= 4 is 17.7 Å². The average Bonchev–Trinajstić information content (AvgIpc) is 2.80. The molecule has 1 saturated carbocycles. The van der Waals surface area contributed by atoms with Crippen molar-refractivity contribution in [2.24, 2.45) is 5.92 Å². The van der Waals surface area contributed by atoms with E-state index in [-0.39, 0.29) is 0 Å². The summed E-state index contributed by atoms with van der Waals surface area (Å²) in [5, 5.41) is 0. The van der Waals surface area contributed by atoms with Crippen LogP contribution in [0.5, 0.6) is 0 Å². The van der Waals surface area contributed by atoms with Gasteiger partial charge in [0.1, 0.15) is 0 Å². The minimum atomic E-state index is 0.405. The molecular formula is C12H21NOS. The monoisotopic (exact) mass is 227 g/mol. The van der Waals surface area contributed by atoms with Gasteiger partial charge in [-0.3, -0.25) is 4.79 Å². The number of thioether (sulfide) groups is 1. The van der Waals surface area contributed by atoms with E-state index < -0.39 is 0 Å². The molecule has 0 N–H and O–H groups in total. The highest BCUT2D eigenvalue weighted by molar-refractivity contribution is 7.99. The molecule has 0 bridgehead atoms. The summed E-state index contributed by atoms with van der Waals surface area (Å²) in [5.74, 6) is 3.53. The highest BCUT2D eigenvalue weighted by Crippen LogP contribution is 2.28. The first kappa shape index (κ1) is 11.3. The highest BCUT2D eigenvalue weighted by atomic mass is 32.2. The smallest absolute Gasteiger partial charge is 0.222 e. The lowest BCUT2D eigenvalue weighted by molar-refractivity contribution is -0.131. The third kappa shape index (κ3) is 3.40. The number of hydrogen-bond acceptors (Lipinski definition) is 2. The van der Waals surface area contributed by atoms with Gasteiger partial charge in [0.2, 0.25) is 5.91 Å². The maximum absolute atomic E-state index is 11.9. The second-order valence-electron chi connectivity index (χ2n) is 4.68. The summed E-state index contributed by atoms with van der Waals surface area (Å²) in [6, 6.07) is 0. The summed E-state index contributed by atoms with van der Waals surface area (Å²) in [5.41, 5.74) is 0. The Kier molecular flexibility index (Phi) is 4.36. The van der Waals surface area contributed by atoms with E-state index in [1.165, 1.54) is 25.7 Å². The molecule has 0 radical (unpaired) electrons. The van der Waals surface area contributed by atoms with E-state index in [4.69, 9.17) is 0 Å². The van der Waals surface area contributed by atoms with Gasteiger partial charge < -0.3 is 4.90 Å². The third-order valence-corrected chi connectivity index (χ3v) is 4.55. The fourth-order valence-corrected chi connectivity index (χ4v) is 3.50. The summed E-state index contributed by atoms with van der Waals surface area (Å²) in [7, 11) is 0. The molecule has 3 heteroatoms. The Morgan fingerprint density at radius 3 is 2.53 bits per heavy atom. The molecule has 2 fully saturated rings. The van der Waals surface area contributed by atoms with Crippen LogP contribution in [0.2, 0.25) is 0 Å². The lowest BCUT2D eigenvalue weighted by Crippen LogP contribution is -2.37. The first-order valence-electron chi connectivity index (χ1n) is 6.22. The molecule has 15 heavy (non-hydrogen) atoms. The van der Waals surface area contributed by atoms with Crippen molar-refractivity contribution in [1.82, 2.24) is 4.90 Å². The van der Waals surface area contributed by atoms with Crippen LogP contribution in [0.3, 0.4) is 0 Å². The molecule has 1 aliphatic carbocycles. The van der Waals surface area contributed by atoms with Crippen molar-refractivity contribution < 1.29 is 4.79 Å². The molecule has 2 aliphatic rings. The van der Waals surface area contributed by atoms with E-state index in [0.717, 1.165) is 43.4 Å². The van der Waals surface area contributed by atoms with Crippen LogP contribution in [-0.2, 0) is 4.79 Å². The number of carbonyl (C=O) groups is 1. The van der Waals surface area contributed by atoms with Gasteiger partial charge in [-0.05, 0) is 12.3 Å². The predicted molar refractivity (Wildman–Crippen MR) is 65.1 cm³/mol. The van der Waals surface area contributed by atoms with Crippen LogP contribution < -0.4 is 0 Å². The quantitative estimate of drug-likeness (QED) is 0.738. The lowest BCUT2D eigenvalue weighted by Gasteiger charge is -2.26. The summed E-state index contributed by atoms with van der Waals surface area (Å²) in [6.07, 6.45) is 7.45. The van der Waals surface area contributed by atoms with Gasteiger partial charge in [-0.1, -0.05) is 25.7 Å².